The summed E-state index contributed by atoms with van der Waals surface area (Å²) in [5.41, 5.74) is 1.75. The van der Waals surface area contributed by atoms with Crippen molar-refractivity contribution in [3.8, 4) is 11.5 Å². The maximum atomic E-state index is 13.4. The molecule has 6 heteroatoms. The fraction of sp³-hybridized carbons (Fsp3) is 0.381. The summed E-state index contributed by atoms with van der Waals surface area (Å²) in [6.07, 6.45) is 1.14. The van der Waals surface area contributed by atoms with Crippen molar-refractivity contribution < 1.29 is 9.53 Å². The van der Waals surface area contributed by atoms with E-state index in [9.17, 15) is 4.79 Å². The number of piperazine rings is 1. The number of para-hydroxylation sites is 1. The van der Waals surface area contributed by atoms with Crippen molar-refractivity contribution in [1.29, 1.82) is 0 Å². The second-order valence-electron chi connectivity index (χ2n) is 7.02. The van der Waals surface area contributed by atoms with Crippen LogP contribution in [-0.2, 0) is 6.54 Å². The van der Waals surface area contributed by atoms with E-state index in [-0.39, 0.29) is 6.03 Å². The van der Waals surface area contributed by atoms with E-state index in [0.717, 1.165) is 56.1 Å². The smallest absolute Gasteiger partial charge is 0.325 e. The average Bonchev–Trinajstić information content (AvgIpc) is 2.84. The summed E-state index contributed by atoms with van der Waals surface area (Å²) in [6, 6.07) is 13.3. The highest BCUT2D eigenvalue weighted by Crippen LogP contribution is 2.40. The van der Waals surface area contributed by atoms with Gasteiger partial charge in [-0.2, -0.15) is 0 Å². The molecule has 2 aliphatic rings. The first-order valence-corrected chi connectivity index (χ1v) is 9.87. The number of urea groups is 1. The molecule has 142 valence electrons. The van der Waals surface area contributed by atoms with Crippen molar-refractivity contribution in [2.75, 3.05) is 37.6 Å². The number of rotatable bonds is 2. The molecule has 1 saturated heterocycles. The van der Waals surface area contributed by atoms with Crippen LogP contribution < -0.4 is 9.64 Å². The van der Waals surface area contributed by atoms with Gasteiger partial charge in [-0.3, -0.25) is 9.80 Å². The number of anilines is 1. The number of ether oxygens (including phenoxy) is 1. The van der Waals surface area contributed by atoms with Gasteiger partial charge in [0.2, 0.25) is 0 Å². The second kappa shape index (κ2) is 7.79. The molecule has 0 bridgehead atoms. The van der Waals surface area contributed by atoms with Gasteiger partial charge in [-0.05, 0) is 31.2 Å². The van der Waals surface area contributed by atoms with E-state index in [4.69, 9.17) is 16.3 Å². The Kier molecular flexibility index (Phi) is 5.23. The molecule has 2 amide bonds. The number of hydrogen-bond donors (Lipinski definition) is 0. The minimum atomic E-state index is 0.0232. The lowest BCUT2D eigenvalue weighted by Crippen LogP contribution is -2.52. The number of halogens is 1. The van der Waals surface area contributed by atoms with E-state index < -0.39 is 0 Å². The van der Waals surface area contributed by atoms with Crippen LogP contribution in [0.5, 0.6) is 11.5 Å². The molecule has 0 spiro atoms. The molecular weight excluding hydrogens is 362 g/mol. The van der Waals surface area contributed by atoms with E-state index in [0.29, 0.717) is 17.3 Å². The molecule has 4 rings (SSSR count). The molecule has 0 N–H and O–H groups in total. The van der Waals surface area contributed by atoms with Crippen LogP contribution in [-0.4, -0.2) is 48.6 Å². The largest absolute Gasteiger partial charge is 0.455 e. The first-order valence-electron chi connectivity index (χ1n) is 9.50. The summed E-state index contributed by atoms with van der Waals surface area (Å²) < 4.78 is 6.09. The second-order valence-corrected chi connectivity index (χ2v) is 7.46. The van der Waals surface area contributed by atoms with Crippen LogP contribution in [0.25, 0.3) is 0 Å². The van der Waals surface area contributed by atoms with Crippen LogP contribution in [0, 0.1) is 0 Å². The van der Waals surface area contributed by atoms with Crippen LogP contribution in [0.15, 0.2) is 42.5 Å². The van der Waals surface area contributed by atoms with E-state index in [1.54, 1.807) is 12.1 Å². The molecule has 0 saturated carbocycles. The Morgan fingerprint density at radius 1 is 1.07 bits per heavy atom. The van der Waals surface area contributed by atoms with E-state index in [1.807, 2.05) is 40.1 Å². The summed E-state index contributed by atoms with van der Waals surface area (Å²) in [6.45, 7) is 7.12. The Balaban J connectivity index is 1.62. The van der Waals surface area contributed by atoms with Crippen molar-refractivity contribution in [3.05, 3.63) is 53.1 Å². The lowest BCUT2D eigenvalue weighted by molar-refractivity contribution is 0.143. The van der Waals surface area contributed by atoms with E-state index >= 15 is 0 Å². The minimum absolute atomic E-state index is 0.0232. The number of hydrogen-bond acceptors (Lipinski definition) is 3. The third kappa shape index (κ3) is 3.75. The molecule has 0 radical (unpaired) electrons. The molecule has 1 fully saturated rings. The zero-order valence-corrected chi connectivity index (χ0v) is 16.3. The number of carbonyl (C=O) groups is 1. The summed E-state index contributed by atoms with van der Waals surface area (Å²) >= 11 is 6.18. The zero-order chi connectivity index (χ0) is 18.8. The van der Waals surface area contributed by atoms with Gasteiger partial charge in [0.25, 0.3) is 0 Å². The SMILES string of the molecule is CCCN1CCN(C(=O)N2Cc3ccccc3Oc3cc(Cl)ccc32)CC1. The Bertz CT molecular complexity index is 834. The number of amides is 2. The fourth-order valence-electron chi connectivity index (χ4n) is 3.72. The van der Waals surface area contributed by atoms with Crippen LogP contribution in [0.1, 0.15) is 18.9 Å². The highest BCUT2D eigenvalue weighted by molar-refractivity contribution is 6.30. The third-order valence-electron chi connectivity index (χ3n) is 5.15. The molecule has 2 aromatic rings. The van der Waals surface area contributed by atoms with Gasteiger partial charge in [-0.25, -0.2) is 4.79 Å². The highest BCUT2D eigenvalue weighted by atomic mass is 35.5. The van der Waals surface area contributed by atoms with Crippen molar-refractivity contribution in [1.82, 2.24) is 9.80 Å². The van der Waals surface area contributed by atoms with Crippen LogP contribution >= 0.6 is 11.6 Å². The summed E-state index contributed by atoms with van der Waals surface area (Å²) in [5, 5.41) is 0.591. The molecule has 27 heavy (non-hydrogen) atoms. The van der Waals surface area contributed by atoms with Crippen LogP contribution in [0.2, 0.25) is 5.02 Å². The molecule has 2 heterocycles. The monoisotopic (exact) mass is 385 g/mol. The number of nitrogens with zero attached hydrogens (tertiary/aromatic N) is 3. The van der Waals surface area contributed by atoms with Gasteiger partial charge in [0.1, 0.15) is 5.75 Å². The molecule has 0 aromatic heterocycles. The Morgan fingerprint density at radius 3 is 2.63 bits per heavy atom. The Labute approximate surface area is 165 Å². The quantitative estimate of drug-likeness (QED) is 0.757. The molecule has 2 aromatic carbocycles. The van der Waals surface area contributed by atoms with Crippen molar-refractivity contribution in [3.63, 3.8) is 0 Å². The molecular formula is C21H24ClN3O2. The first kappa shape index (κ1) is 18.1. The summed E-state index contributed by atoms with van der Waals surface area (Å²) in [7, 11) is 0. The lowest BCUT2D eigenvalue weighted by Gasteiger charge is -2.37. The number of fused-ring (bicyclic) bond motifs is 2. The molecule has 0 atom stereocenters. The average molecular weight is 386 g/mol. The van der Waals surface area contributed by atoms with E-state index in [2.05, 4.69) is 11.8 Å². The third-order valence-corrected chi connectivity index (χ3v) is 5.38. The van der Waals surface area contributed by atoms with Gasteiger partial charge < -0.3 is 9.64 Å². The minimum Gasteiger partial charge on any atom is -0.455 e. The molecule has 2 aliphatic heterocycles. The molecule has 5 nitrogen and oxygen atoms in total. The van der Waals surface area contributed by atoms with Crippen molar-refractivity contribution in [2.45, 2.75) is 19.9 Å². The number of carbonyl (C=O) groups excluding carboxylic acids is 1. The fourth-order valence-corrected chi connectivity index (χ4v) is 3.88. The van der Waals surface area contributed by atoms with Crippen molar-refractivity contribution in [2.24, 2.45) is 0 Å². The lowest BCUT2D eigenvalue weighted by atomic mass is 10.2. The summed E-state index contributed by atoms with van der Waals surface area (Å²) in [5.74, 6) is 1.38. The maximum Gasteiger partial charge on any atom is 0.325 e. The highest BCUT2D eigenvalue weighted by Gasteiger charge is 2.30. The predicted octanol–water partition coefficient (Wildman–Crippen LogP) is 4.60. The van der Waals surface area contributed by atoms with Crippen molar-refractivity contribution >= 4 is 23.3 Å². The van der Waals surface area contributed by atoms with Gasteiger partial charge in [0, 0.05) is 42.8 Å². The topological polar surface area (TPSA) is 36.0 Å². The molecule has 0 unspecified atom stereocenters. The molecule has 0 aliphatic carbocycles. The van der Waals surface area contributed by atoms with Gasteiger partial charge in [0.05, 0.1) is 12.2 Å². The van der Waals surface area contributed by atoms with Crippen LogP contribution in [0.3, 0.4) is 0 Å². The first-order chi connectivity index (χ1) is 13.2. The van der Waals surface area contributed by atoms with Crippen LogP contribution in [0.4, 0.5) is 10.5 Å². The van der Waals surface area contributed by atoms with Gasteiger partial charge in [-0.15, -0.1) is 0 Å². The normalized spacial score (nSPS) is 17.0. The summed E-state index contributed by atoms with van der Waals surface area (Å²) in [4.78, 5) is 19.5. The van der Waals surface area contributed by atoms with Gasteiger partial charge in [-0.1, -0.05) is 36.7 Å². The van der Waals surface area contributed by atoms with E-state index in [1.165, 1.54) is 0 Å². The Hall–Kier alpha value is -2.24. The zero-order valence-electron chi connectivity index (χ0n) is 15.5. The maximum absolute atomic E-state index is 13.4. The van der Waals surface area contributed by atoms with Gasteiger partial charge in [0.15, 0.2) is 5.75 Å². The predicted molar refractivity (Wildman–Crippen MR) is 108 cm³/mol. The number of benzene rings is 2. The van der Waals surface area contributed by atoms with Gasteiger partial charge >= 0.3 is 6.03 Å². The standard InChI is InChI=1S/C21H24ClN3O2/c1-2-9-23-10-12-24(13-11-23)21(26)25-15-16-5-3-4-6-19(16)27-20-14-17(22)7-8-18(20)25/h3-8,14H,2,9-13,15H2,1H3. The Morgan fingerprint density at radius 2 is 1.85 bits per heavy atom.